The quantitative estimate of drug-likeness (QED) is 0.618. The molecule has 4 heteroatoms. The van der Waals surface area contributed by atoms with Gasteiger partial charge in [-0.15, -0.1) is 0 Å². The summed E-state index contributed by atoms with van der Waals surface area (Å²) in [5, 5.41) is 0. The number of aromatic nitrogens is 2. The maximum absolute atomic E-state index is 9.51. The molecule has 0 saturated heterocycles. The zero-order valence-corrected chi connectivity index (χ0v) is 4.63. The fourth-order valence-electron chi connectivity index (χ4n) is 0.475. The lowest BCUT2D eigenvalue weighted by molar-refractivity contribution is 0.259. The van der Waals surface area contributed by atoms with E-state index in [2.05, 4.69) is 14.7 Å². The lowest BCUT2D eigenvalue weighted by Crippen LogP contribution is -1.91. The average molecular weight is 125 g/mol. The topological polar surface area (TPSA) is 55.0 Å². The Labute approximate surface area is 51.9 Å². The molecule has 1 N–H and O–H groups in total. The first-order valence-corrected chi connectivity index (χ1v) is 2.40. The van der Waals surface area contributed by atoms with Gasteiger partial charge in [-0.05, 0) is 0 Å². The predicted molar refractivity (Wildman–Crippen MR) is 29.1 cm³/mol. The van der Waals surface area contributed by atoms with Crippen LogP contribution in [0.15, 0.2) is 12.4 Å². The van der Waals surface area contributed by atoms with Gasteiger partial charge in [-0.1, -0.05) is 0 Å². The summed E-state index contributed by atoms with van der Waals surface area (Å²) in [5.41, 5.74) is 0. The van der Waals surface area contributed by atoms with Gasteiger partial charge in [0.1, 0.15) is 12.4 Å². The van der Waals surface area contributed by atoms with Crippen LogP contribution in [0.3, 0.4) is 0 Å². The van der Waals surface area contributed by atoms with Crippen molar-refractivity contribution in [2.75, 3.05) is 0 Å². The molecule has 9 heavy (non-hydrogen) atoms. The molecule has 0 spiro atoms. The molecule has 4 nitrogen and oxygen atoms in total. The van der Waals surface area contributed by atoms with Crippen molar-refractivity contribution in [2.45, 2.75) is 6.61 Å². The number of ether oxygens (including phenoxy) is 1. The van der Waals surface area contributed by atoms with Crippen LogP contribution in [0, 0.1) is 0 Å². The summed E-state index contributed by atoms with van der Waals surface area (Å²) < 4.78 is 4.28. The van der Waals surface area contributed by atoms with Gasteiger partial charge in [0.2, 0.25) is 0 Å². The Morgan fingerprint density at radius 3 is 3.33 bits per heavy atom. The van der Waals surface area contributed by atoms with Crippen molar-refractivity contribution in [1.82, 2.24) is 9.97 Å². The number of imidazole rings is 1. The van der Waals surface area contributed by atoms with Crippen LogP contribution in [0.5, 0.6) is 0 Å². The van der Waals surface area contributed by atoms with E-state index in [1.807, 2.05) is 0 Å². The summed E-state index contributed by atoms with van der Waals surface area (Å²) in [6, 6.07) is 0. The highest BCUT2D eigenvalue weighted by Crippen LogP contribution is 1.88. The Morgan fingerprint density at radius 1 is 1.89 bits per heavy atom. The van der Waals surface area contributed by atoms with E-state index in [1.165, 1.54) is 6.47 Å². The summed E-state index contributed by atoms with van der Waals surface area (Å²) in [7, 11) is 0. The molecule has 0 saturated carbocycles. The van der Waals surface area contributed by atoms with E-state index in [0.717, 1.165) is 0 Å². The fraction of sp³-hybridized carbons (Fsp3) is 0.200. The smallest absolute Gasteiger partial charge is 0.417 e. The van der Waals surface area contributed by atoms with Crippen LogP contribution in [0.1, 0.15) is 5.82 Å². The lowest BCUT2D eigenvalue weighted by Gasteiger charge is -1.88. The fourth-order valence-corrected chi connectivity index (χ4v) is 0.475. The molecule has 0 amide bonds. The Balaban J connectivity index is 2.38. The Kier molecular flexibility index (Phi) is 1.85. The molecule has 1 radical (unpaired) electrons. The molecule has 0 aliphatic carbocycles. The summed E-state index contributed by atoms with van der Waals surface area (Å²) in [5.74, 6) is 0.623. The van der Waals surface area contributed by atoms with Crippen LogP contribution < -0.4 is 0 Å². The average Bonchev–Trinajstić information content (AvgIpc) is 2.34. The second-order valence-corrected chi connectivity index (χ2v) is 1.41. The van der Waals surface area contributed by atoms with E-state index in [-0.39, 0.29) is 6.61 Å². The van der Waals surface area contributed by atoms with Crippen molar-refractivity contribution in [3.8, 4) is 0 Å². The standard InChI is InChI=1S/C5H5N2O2/c8-4-9-3-5-6-1-2-7-5/h1-2H,3H2,(H,6,7). The number of hydrogen-bond acceptors (Lipinski definition) is 3. The van der Waals surface area contributed by atoms with Gasteiger partial charge in [0.15, 0.2) is 0 Å². The van der Waals surface area contributed by atoms with Crippen molar-refractivity contribution in [1.29, 1.82) is 0 Å². The molecular weight excluding hydrogens is 120 g/mol. The van der Waals surface area contributed by atoms with Gasteiger partial charge in [-0.2, -0.15) is 0 Å². The Morgan fingerprint density at radius 2 is 2.78 bits per heavy atom. The first kappa shape index (κ1) is 5.81. The molecule has 0 aliphatic rings. The van der Waals surface area contributed by atoms with Crippen molar-refractivity contribution >= 4 is 6.47 Å². The number of H-pyrrole nitrogens is 1. The van der Waals surface area contributed by atoms with Gasteiger partial charge < -0.3 is 9.72 Å². The highest BCUT2D eigenvalue weighted by molar-refractivity contribution is 5.38. The summed E-state index contributed by atoms with van der Waals surface area (Å²) in [6.45, 7) is 1.46. The highest BCUT2D eigenvalue weighted by atomic mass is 16.5. The maximum Gasteiger partial charge on any atom is 0.417 e. The largest absolute Gasteiger partial charge is 0.449 e. The third-order valence-corrected chi connectivity index (χ3v) is 0.823. The zero-order valence-electron chi connectivity index (χ0n) is 4.63. The van der Waals surface area contributed by atoms with E-state index < -0.39 is 0 Å². The normalized spacial score (nSPS) is 8.89. The van der Waals surface area contributed by atoms with E-state index in [1.54, 1.807) is 12.4 Å². The zero-order chi connectivity index (χ0) is 6.53. The Bertz CT molecular complexity index is 171. The molecule has 1 aromatic rings. The van der Waals surface area contributed by atoms with Gasteiger partial charge in [0.25, 0.3) is 0 Å². The van der Waals surface area contributed by atoms with E-state index in [0.29, 0.717) is 5.82 Å². The third-order valence-electron chi connectivity index (χ3n) is 0.823. The van der Waals surface area contributed by atoms with Gasteiger partial charge in [0, 0.05) is 12.4 Å². The summed E-state index contributed by atoms with van der Waals surface area (Å²) >= 11 is 0. The number of nitrogens with zero attached hydrogens (tertiary/aromatic N) is 1. The minimum Gasteiger partial charge on any atom is -0.449 e. The van der Waals surface area contributed by atoms with Crippen molar-refractivity contribution in [3.63, 3.8) is 0 Å². The molecule has 1 aromatic heterocycles. The molecule has 0 aliphatic heterocycles. The molecule has 47 valence electrons. The molecule has 0 fully saturated rings. The highest BCUT2D eigenvalue weighted by Gasteiger charge is 1.91. The SMILES string of the molecule is O=[C]OCc1ncc[nH]1. The van der Waals surface area contributed by atoms with Gasteiger partial charge in [-0.25, -0.2) is 9.78 Å². The van der Waals surface area contributed by atoms with Crippen molar-refractivity contribution in [3.05, 3.63) is 18.2 Å². The van der Waals surface area contributed by atoms with Gasteiger partial charge >= 0.3 is 6.47 Å². The van der Waals surface area contributed by atoms with Gasteiger partial charge in [0.05, 0.1) is 0 Å². The van der Waals surface area contributed by atoms with Gasteiger partial charge in [-0.3, -0.25) is 0 Å². The lowest BCUT2D eigenvalue weighted by atomic mass is 10.7. The molecule has 0 atom stereocenters. The number of rotatable bonds is 3. The van der Waals surface area contributed by atoms with Crippen LogP contribution in [0.25, 0.3) is 0 Å². The molecule has 0 unspecified atom stereocenters. The van der Waals surface area contributed by atoms with E-state index >= 15 is 0 Å². The van der Waals surface area contributed by atoms with E-state index in [4.69, 9.17) is 0 Å². The summed E-state index contributed by atoms with van der Waals surface area (Å²) in [6.07, 6.45) is 3.24. The third kappa shape index (κ3) is 1.56. The maximum atomic E-state index is 9.51. The number of carbonyl (C=O) groups excluding carboxylic acids is 1. The first-order chi connectivity index (χ1) is 4.43. The molecule has 1 heterocycles. The molecule has 0 bridgehead atoms. The van der Waals surface area contributed by atoms with Crippen LogP contribution >= 0.6 is 0 Å². The minimum atomic E-state index is 0.163. The van der Waals surface area contributed by atoms with E-state index in [9.17, 15) is 4.79 Å². The molecule has 0 aromatic carbocycles. The molecular formula is C5H5N2O2. The number of nitrogens with one attached hydrogen (secondary N) is 1. The monoisotopic (exact) mass is 125 g/mol. The Hall–Kier alpha value is -1.32. The van der Waals surface area contributed by atoms with Crippen molar-refractivity contribution < 1.29 is 9.53 Å². The van der Waals surface area contributed by atoms with Crippen LogP contribution in [0.2, 0.25) is 0 Å². The van der Waals surface area contributed by atoms with Crippen molar-refractivity contribution in [2.24, 2.45) is 0 Å². The molecule has 1 rings (SSSR count). The number of aromatic amines is 1. The van der Waals surface area contributed by atoms with Crippen LogP contribution in [0.4, 0.5) is 0 Å². The summed E-state index contributed by atoms with van der Waals surface area (Å²) in [4.78, 5) is 16.1. The van der Waals surface area contributed by atoms with Crippen LogP contribution in [-0.2, 0) is 16.1 Å². The minimum absolute atomic E-state index is 0.163. The van der Waals surface area contributed by atoms with Crippen LogP contribution in [-0.4, -0.2) is 16.4 Å². The second-order valence-electron chi connectivity index (χ2n) is 1.41. The predicted octanol–water partition coefficient (Wildman–Crippen LogP) is -0.00650. The second kappa shape index (κ2) is 2.86. The first-order valence-electron chi connectivity index (χ1n) is 2.40. The number of hydrogen-bond donors (Lipinski definition) is 1.